The van der Waals surface area contributed by atoms with Gasteiger partial charge in [-0.1, -0.05) is 18.5 Å². The molecule has 1 aromatic rings. The van der Waals surface area contributed by atoms with Gasteiger partial charge in [0.25, 0.3) is 0 Å². The van der Waals surface area contributed by atoms with Gasteiger partial charge in [-0.25, -0.2) is 4.98 Å². The minimum Gasteiger partial charge on any atom is -0.364 e. The quantitative estimate of drug-likeness (QED) is 0.646. The number of nitrogens with zero attached hydrogens (tertiary/aromatic N) is 3. The number of halogens is 1. The first-order valence-corrected chi connectivity index (χ1v) is 7.20. The van der Waals surface area contributed by atoms with Crippen LogP contribution in [0.3, 0.4) is 0 Å². The minimum absolute atomic E-state index is 0.0779. The zero-order chi connectivity index (χ0) is 14.5. The molecular weight excluding hydrogens is 280 g/mol. The molecule has 110 valence electrons. The molecule has 7 heteroatoms. The Kier molecular flexibility index (Phi) is 5.14. The Morgan fingerprint density at radius 3 is 2.90 bits per heavy atom. The number of hydrogen-bond acceptors (Lipinski definition) is 5. The zero-order valence-corrected chi connectivity index (χ0v) is 12.3. The Morgan fingerprint density at radius 2 is 2.25 bits per heavy atom. The molecule has 2 rings (SSSR count). The van der Waals surface area contributed by atoms with Crippen LogP contribution in [-0.2, 0) is 0 Å². The van der Waals surface area contributed by atoms with E-state index in [-0.39, 0.29) is 16.5 Å². The Bertz CT molecular complexity index is 477. The molecule has 0 bridgehead atoms. The van der Waals surface area contributed by atoms with Crippen LogP contribution in [0.4, 0.5) is 11.5 Å². The van der Waals surface area contributed by atoms with Crippen molar-refractivity contribution in [3.05, 3.63) is 27.4 Å². The first kappa shape index (κ1) is 15.0. The normalized spacial score (nSPS) is 17.1. The summed E-state index contributed by atoms with van der Waals surface area (Å²) in [6.45, 7) is 6.11. The lowest BCUT2D eigenvalue weighted by Crippen LogP contribution is -2.29. The Balaban J connectivity index is 1.91. The molecule has 1 unspecified atom stereocenters. The summed E-state index contributed by atoms with van der Waals surface area (Å²) in [5, 5.41) is 14.3. The van der Waals surface area contributed by atoms with Gasteiger partial charge in [0.15, 0.2) is 0 Å². The van der Waals surface area contributed by atoms with Gasteiger partial charge in [0.05, 0.1) is 9.95 Å². The van der Waals surface area contributed by atoms with E-state index in [1.54, 1.807) is 0 Å². The fourth-order valence-corrected chi connectivity index (χ4v) is 2.60. The predicted octanol–water partition coefficient (Wildman–Crippen LogP) is 2.79. The second kappa shape index (κ2) is 6.85. The molecule has 0 amide bonds. The highest BCUT2D eigenvalue weighted by molar-refractivity contribution is 6.30. The standard InChI is InChI=1S/C13H19ClN4O2/c1-10(9-17-4-2-3-5-17)7-15-13-12(18(19)20)6-11(14)8-16-13/h6,8,10H,2-5,7,9H2,1H3,(H,15,16). The lowest BCUT2D eigenvalue weighted by atomic mass is 10.1. The van der Waals surface area contributed by atoms with Gasteiger partial charge in [0.2, 0.25) is 5.82 Å². The van der Waals surface area contributed by atoms with Crippen LogP contribution in [0.5, 0.6) is 0 Å². The minimum atomic E-state index is -0.466. The third-order valence-corrected chi connectivity index (χ3v) is 3.62. The molecule has 1 aliphatic rings. The molecule has 1 atom stereocenters. The van der Waals surface area contributed by atoms with Crippen molar-refractivity contribution in [2.75, 3.05) is 31.5 Å². The fourth-order valence-electron chi connectivity index (χ4n) is 2.45. The van der Waals surface area contributed by atoms with Gasteiger partial charge in [-0.05, 0) is 31.8 Å². The van der Waals surface area contributed by atoms with Crippen molar-refractivity contribution < 1.29 is 4.92 Å². The lowest BCUT2D eigenvalue weighted by molar-refractivity contribution is -0.384. The molecule has 0 spiro atoms. The summed E-state index contributed by atoms with van der Waals surface area (Å²) >= 11 is 5.74. The van der Waals surface area contributed by atoms with Crippen molar-refractivity contribution in [2.45, 2.75) is 19.8 Å². The lowest BCUT2D eigenvalue weighted by Gasteiger charge is -2.20. The van der Waals surface area contributed by atoms with E-state index in [0.717, 1.165) is 19.6 Å². The Labute approximate surface area is 123 Å². The van der Waals surface area contributed by atoms with E-state index in [9.17, 15) is 10.1 Å². The van der Waals surface area contributed by atoms with Crippen molar-refractivity contribution in [2.24, 2.45) is 5.92 Å². The molecule has 20 heavy (non-hydrogen) atoms. The SMILES string of the molecule is CC(CNc1ncc(Cl)cc1[N+](=O)[O-])CN1CCCC1. The highest BCUT2D eigenvalue weighted by Crippen LogP contribution is 2.25. The van der Waals surface area contributed by atoms with Crippen molar-refractivity contribution in [3.63, 3.8) is 0 Å². The van der Waals surface area contributed by atoms with Crippen molar-refractivity contribution in [1.29, 1.82) is 0 Å². The van der Waals surface area contributed by atoms with Crippen LogP contribution in [0.15, 0.2) is 12.3 Å². The van der Waals surface area contributed by atoms with Crippen LogP contribution in [0.25, 0.3) is 0 Å². The van der Waals surface area contributed by atoms with Gasteiger partial charge >= 0.3 is 5.69 Å². The van der Waals surface area contributed by atoms with Crippen LogP contribution in [-0.4, -0.2) is 41.0 Å². The van der Waals surface area contributed by atoms with Gasteiger partial charge in [0, 0.05) is 25.4 Å². The number of likely N-dealkylation sites (tertiary alicyclic amines) is 1. The first-order chi connectivity index (χ1) is 9.56. The van der Waals surface area contributed by atoms with E-state index >= 15 is 0 Å². The summed E-state index contributed by atoms with van der Waals surface area (Å²) in [6.07, 6.45) is 3.96. The maximum Gasteiger partial charge on any atom is 0.312 e. The van der Waals surface area contributed by atoms with Crippen molar-refractivity contribution >= 4 is 23.1 Å². The van der Waals surface area contributed by atoms with Crippen molar-refractivity contribution in [1.82, 2.24) is 9.88 Å². The summed E-state index contributed by atoms with van der Waals surface area (Å²) in [6, 6.07) is 1.32. The molecule has 1 fully saturated rings. The maximum atomic E-state index is 11.0. The molecule has 1 aliphatic heterocycles. The average molecular weight is 299 g/mol. The van der Waals surface area contributed by atoms with E-state index < -0.39 is 4.92 Å². The van der Waals surface area contributed by atoms with Gasteiger partial charge in [-0.15, -0.1) is 0 Å². The summed E-state index contributed by atoms with van der Waals surface area (Å²) in [5.41, 5.74) is -0.0779. The number of rotatable bonds is 6. The number of nitrogens with one attached hydrogen (secondary N) is 1. The summed E-state index contributed by atoms with van der Waals surface area (Å²) in [7, 11) is 0. The summed E-state index contributed by atoms with van der Waals surface area (Å²) in [4.78, 5) is 16.9. The molecule has 2 heterocycles. The van der Waals surface area contributed by atoms with Gasteiger partial charge < -0.3 is 10.2 Å². The largest absolute Gasteiger partial charge is 0.364 e. The number of pyridine rings is 1. The monoisotopic (exact) mass is 298 g/mol. The van der Waals surface area contributed by atoms with Crippen molar-refractivity contribution in [3.8, 4) is 0 Å². The van der Waals surface area contributed by atoms with E-state index in [2.05, 4.69) is 22.1 Å². The molecular formula is C13H19ClN4O2. The first-order valence-electron chi connectivity index (χ1n) is 6.82. The second-order valence-electron chi connectivity index (χ2n) is 5.27. The summed E-state index contributed by atoms with van der Waals surface area (Å²) < 4.78 is 0. The smallest absolute Gasteiger partial charge is 0.312 e. The number of aromatic nitrogens is 1. The molecule has 1 N–H and O–H groups in total. The molecule has 1 saturated heterocycles. The van der Waals surface area contributed by atoms with E-state index in [1.165, 1.54) is 25.1 Å². The third kappa shape index (κ3) is 4.05. The van der Waals surface area contributed by atoms with E-state index in [1.807, 2.05) is 0 Å². The maximum absolute atomic E-state index is 11.0. The topological polar surface area (TPSA) is 71.3 Å². The van der Waals surface area contributed by atoms with Gasteiger partial charge in [-0.2, -0.15) is 0 Å². The second-order valence-corrected chi connectivity index (χ2v) is 5.71. The molecule has 1 aromatic heterocycles. The average Bonchev–Trinajstić information content (AvgIpc) is 2.90. The molecule has 6 nitrogen and oxygen atoms in total. The molecule has 0 saturated carbocycles. The zero-order valence-electron chi connectivity index (χ0n) is 11.5. The van der Waals surface area contributed by atoms with E-state index in [0.29, 0.717) is 12.5 Å². The van der Waals surface area contributed by atoms with Crippen LogP contribution < -0.4 is 5.32 Å². The third-order valence-electron chi connectivity index (χ3n) is 3.42. The predicted molar refractivity (Wildman–Crippen MR) is 79.2 cm³/mol. The number of anilines is 1. The van der Waals surface area contributed by atoms with Gasteiger partial charge in [-0.3, -0.25) is 10.1 Å². The van der Waals surface area contributed by atoms with Crippen LogP contribution in [0.1, 0.15) is 19.8 Å². The van der Waals surface area contributed by atoms with Gasteiger partial charge in [0.1, 0.15) is 0 Å². The van der Waals surface area contributed by atoms with Crippen LogP contribution in [0, 0.1) is 16.0 Å². The molecule has 0 radical (unpaired) electrons. The Hall–Kier alpha value is -1.40. The number of nitro groups is 1. The molecule has 0 aromatic carbocycles. The molecule has 0 aliphatic carbocycles. The summed E-state index contributed by atoms with van der Waals surface area (Å²) in [5.74, 6) is 0.692. The number of hydrogen-bond donors (Lipinski definition) is 1. The fraction of sp³-hybridized carbons (Fsp3) is 0.615. The van der Waals surface area contributed by atoms with E-state index in [4.69, 9.17) is 11.6 Å². The highest BCUT2D eigenvalue weighted by atomic mass is 35.5. The van der Waals surface area contributed by atoms with Crippen LogP contribution in [0.2, 0.25) is 5.02 Å². The van der Waals surface area contributed by atoms with Crippen LogP contribution >= 0.6 is 11.6 Å². The Morgan fingerprint density at radius 1 is 1.55 bits per heavy atom. The highest BCUT2D eigenvalue weighted by Gasteiger charge is 2.18.